The number of nitrogens with one attached hydrogen (secondary N) is 2. The molecular formula is C28H45FN2O5Si. The first-order valence-corrected chi connectivity index (χ1v) is 14.4. The van der Waals surface area contributed by atoms with Crippen LogP contribution < -0.4 is 15.8 Å². The predicted octanol–water partition coefficient (Wildman–Crippen LogP) is 5.38. The van der Waals surface area contributed by atoms with Crippen LogP contribution in [-0.4, -0.2) is 51.2 Å². The van der Waals surface area contributed by atoms with Crippen molar-refractivity contribution in [1.82, 2.24) is 10.6 Å². The molecule has 0 fully saturated rings. The highest BCUT2D eigenvalue weighted by Gasteiger charge is 2.56. The first-order valence-electron chi connectivity index (χ1n) is 12.6. The molecule has 1 aromatic carbocycles. The third-order valence-corrected chi connectivity index (χ3v) is 11.2. The smallest absolute Gasteiger partial charge is 0.408 e. The Kier molecular flexibility index (Phi) is 10.7. The first-order chi connectivity index (χ1) is 16.7. The lowest BCUT2D eigenvalue weighted by Crippen LogP contribution is -2.57. The molecule has 0 saturated carbocycles. The van der Waals surface area contributed by atoms with Gasteiger partial charge in [0.1, 0.15) is 17.7 Å². The molecule has 0 bridgehead atoms. The van der Waals surface area contributed by atoms with Crippen molar-refractivity contribution in [2.75, 3.05) is 7.11 Å². The molecule has 208 valence electrons. The Morgan fingerprint density at radius 3 is 1.89 bits per heavy atom. The number of hydrogen-bond acceptors (Lipinski definition) is 5. The average Bonchev–Trinajstić information content (AvgIpc) is 2.74. The maximum absolute atomic E-state index is 16.5. The van der Waals surface area contributed by atoms with E-state index >= 15 is 4.11 Å². The highest BCUT2D eigenvalue weighted by Crippen LogP contribution is 2.51. The van der Waals surface area contributed by atoms with Crippen molar-refractivity contribution in [3.63, 3.8) is 0 Å². The summed E-state index contributed by atoms with van der Waals surface area (Å²) in [5, 5.41) is 4.90. The van der Waals surface area contributed by atoms with Gasteiger partial charge in [0.05, 0.1) is 7.11 Å². The van der Waals surface area contributed by atoms with Crippen molar-refractivity contribution in [3.05, 3.63) is 35.9 Å². The van der Waals surface area contributed by atoms with Crippen LogP contribution in [0.25, 0.3) is 6.08 Å². The zero-order valence-corrected chi connectivity index (χ0v) is 25.2. The van der Waals surface area contributed by atoms with Crippen LogP contribution >= 0.6 is 0 Å². The topological polar surface area (TPSA) is 93.7 Å². The van der Waals surface area contributed by atoms with Gasteiger partial charge >= 0.3 is 12.1 Å². The average molecular weight is 537 g/mol. The number of carbonyl (C=O) groups is 3. The second kappa shape index (κ2) is 12.2. The van der Waals surface area contributed by atoms with Crippen molar-refractivity contribution in [3.8, 4) is 0 Å². The molecule has 0 unspecified atom stereocenters. The minimum absolute atomic E-state index is 0.145. The molecule has 1 rings (SSSR count). The lowest BCUT2D eigenvalue weighted by molar-refractivity contribution is -0.144. The fourth-order valence-electron chi connectivity index (χ4n) is 4.39. The Bertz CT molecular complexity index is 958. The molecule has 9 heteroatoms. The van der Waals surface area contributed by atoms with Crippen molar-refractivity contribution >= 4 is 37.6 Å². The van der Waals surface area contributed by atoms with E-state index in [1.807, 2.05) is 65.8 Å². The summed E-state index contributed by atoms with van der Waals surface area (Å²) < 4.78 is 26.5. The van der Waals surface area contributed by atoms with Gasteiger partial charge in [-0.3, -0.25) is 4.79 Å². The van der Waals surface area contributed by atoms with E-state index in [1.54, 1.807) is 32.9 Å². The van der Waals surface area contributed by atoms with Gasteiger partial charge in [0.25, 0.3) is 8.41 Å². The number of alkyl carbamates (subject to hydrolysis) is 1. The second-order valence-electron chi connectivity index (χ2n) is 12.4. The second-order valence-corrected chi connectivity index (χ2v) is 17.3. The molecule has 0 aliphatic heterocycles. The number of hydrogen-bond donors (Lipinski definition) is 2. The highest BCUT2D eigenvalue weighted by atomic mass is 28.4. The lowest BCUT2D eigenvalue weighted by Gasteiger charge is -2.44. The zero-order valence-electron chi connectivity index (χ0n) is 24.2. The molecule has 37 heavy (non-hydrogen) atoms. The highest BCUT2D eigenvalue weighted by molar-refractivity contribution is 6.90. The zero-order chi connectivity index (χ0) is 28.8. The van der Waals surface area contributed by atoms with Crippen molar-refractivity contribution in [2.24, 2.45) is 0 Å². The van der Waals surface area contributed by atoms with Gasteiger partial charge in [-0.2, -0.15) is 0 Å². The summed E-state index contributed by atoms with van der Waals surface area (Å²) >= 11 is 0. The largest absolute Gasteiger partial charge is 0.467 e. The summed E-state index contributed by atoms with van der Waals surface area (Å²) in [6.45, 7) is 18.4. The number of rotatable bonds is 8. The van der Waals surface area contributed by atoms with Gasteiger partial charge in [-0.15, -0.1) is 0 Å². The number of carbonyl (C=O) groups excluding carboxylic acids is 3. The minimum Gasteiger partial charge on any atom is -0.467 e. The lowest BCUT2D eigenvalue weighted by atomic mass is 10.1. The van der Waals surface area contributed by atoms with E-state index in [0.717, 1.165) is 10.8 Å². The van der Waals surface area contributed by atoms with Crippen LogP contribution in [0.3, 0.4) is 0 Å². The van der Waals surface area contributed by atoms with Gasteiger partial charge in [-0.1, -0.05) is 78.0 Å². The summed E-state index contributed by atoms with van der Waals surface area (Å²) in [7, 11) is -2.13. The first kappa shape index (κ1) is 32.3. The summed E-state index contributed by atoms with van der Waals surface area (Å²) in [4.78, 5) is 36.8. The third kappa shape index (κ3) is 8.98. The van der Waals surface area contributed by atoms with Crippen LogP contribution in [0.15, 0.2) is 30.3 Å². The van der Waals surface area contributed by atoms with Crippen LogP contribution in [0.5, 0.6) is 0 Å². The Balaban J connectivity index is 3.10. The molecule has 1 aromatic rings. The van der Waals surface area contributed by atoms with Crippen LogP contribution in [0, 0.1) is 0 Å². The molecule has 0 radical (unpaired) electrons. The Morgan fingerprint density at radius 1 is 0.946 bits per heavy atom. The standard InChI is InChI=1S/C28H45FN2O5Si/c1-19(24(33)35-11)30-23(32)22(31-25(34)36-26(2,3)4)14-12-13-20-15-17-21(18-16-20)37(29,27(5,6)7)28(8,9)10/h12-13,15-19,22H,14H2,1-11H3,(H,30,32)(H,31,34)/b13-12+/t19-,22-/m0/s1. The van der Waals surface area contributed by atoms with E-state index in [1.165, 1.54) is 14.0 Å². The number of methoxy groups -OCH3 is 1. The number of halogens is 1. The van der Waals surface area contributed by atoms with Crippen LogP contribution in [0.1, 0.15) is 81.2 Å². The summed E-state index contributed by atoms with van der Waals surface area (Å²) in [5.41, 5.74) is 0.0964. The van der Waals surface area contributed by atoms with E-state index in [-0.39, 0.29) is 6.42 Å². The minimum atomic E-state index is -3.36. The Morgan fingerprint density at radius 2 is 1.46 bits per heavy atom. The van der Waals surface area contributed by atoms with Crippen LogP contribution in [0.4, 0.5) is 8.90 Å². The van der Waals surface area contributed by atoms with Crippen molar-refractivity contribution in [1.29, 1.82) is 0 Å². The molecule has 0 saturated heterocycles. The van der Waals surface area contributed by atoms with E-state index in [2.05, 4.69) is 15.4 Å². The number of benzene rings is 1. The van der Waals surface area contributed by atoms with E-state index < -0.39 is 54.1 Å². The molecular weight excluding hydrogens is 491 g/mol. The van der Waals surface area contributed by atoms with E-state index in [9.17, 15) is 14.4 Å². The van der Waals surface area contributed by atoms with Gasteiger partial charge in [-0.05, 0) is 54.9 Å². The van der Waals surface area contributed by atoms with Gasteiger partial charge in [0.2, 0.25) is 5.91 Å². The molecule has 2 N–H and O–H groups in total. The Hall–Kier alpha value is -2.68. The SMILES string of the molecule is COC(=O)[C@H](C)NC(=O)[C@H](C/C=C/c1ccc([Si](F)(C(C)(C)C)C(C)(C)C)cc1)NC(=O)OC(C)(C)C. The van der Waals surface area contributed by atoms with E-state index in [0.29, 0.717) is 0 Å². The summed E-state index contributed by atoms with van der Waals surface area (Å²) in [5.74, 6) is -1.15. The number of esters is 1. The normalized spacial score (nSPS) is 14.6. The third-order valence-electron chi connectivity index (χ3n) is 5.98. The van der Waals surface area contributed by atoms with Gasteiger partial charge in [0, 0.05) is 0 Å². The van der Waals surface area contributed by atoms with Crippen molar-refractivity contribution < 1.29 is 28.0 Å². The predicted molar refractivity (Wildman–Crippen MR) is 149 cm³/mol. The van der Waals surface area contributed by atoms with E-state index in [4.69, 9.17) is 4.74 Å². The van der Waals surface area contributed by atoms with Gasteiger partial charge in [0.15, 0.2) is 0 Å². The molecule has 7 nitrogen and oxygen atoms in total. The molecule has 0 aromatic heterocycles. The van der Waals surface area contributed by atoms with Crippen molar-refractivity contribution in [2.45, 2.75) is 103 Å². The molecule has 0 aliphatic carbocycles. The fraction of sp³-hybridized carbons (Fsp3) is 0.607. The maximum Gasteiger partial charge on any atom is 0.408 e. The number of ether oxygens (including phenoxy) is 2. The van der Waals surface area contributed by atoms with Gasteiger partial charge < -0.3 is 24.2 Å². The summed E-state index contributed by atoms with van der Waals surface area (Å²) in [6.07, 6.45) is 2.95. The molecule has 2 amide bonds. The molecule has 2 atom stereocenters. The molecule has 0 spiro atoms. The Labute approximate surface area is 222 Å². The monoisotopic (exact) mass is 536 g/mol. The van der Waals surface area contributed by atoms with Crippen LogP contribution in [-0.2, 0) is 19.1 Å². The van der Waals surface area contributed by atoms with Gasteiger partial charge in [-0.25, -0.2) is 9.59 Å². The fourth-order valence-corrected chi connectivity index (χ4v) is 8.99. The molecule has 0 aliphatic rings. The quantitative estimate of drug-likeness (QED) is 0.264. The van der Waals surface area contributed by atoms with Crippen LogP contribution in [0.2, 0.25) is 10.1 Å². The number of amides is 2. The maximum atomic E-state index is 16.5. The molecule has 0 heterocycles. The summed E-state index contributed by atoms with van der Waals surface area (Å²) in [6, 6.07) is 5.56.